The topological polar surface area (TPSA) is 61.8 Å². The number of alkyl halides is 3. The number of carbonyl (C=O) groups is 1. The van der Waals surface area contributed by atoms with Crippen LogP contribution in [0.15, 0.2) is 30.6 Å². The molecule has 2 amide bonds. The molecule has 0 aliphatic carbocycles. The molecule has 0 saturated carbocycles. The lowest BCUT2D eigenvalue weighted by Crippen LogP contribution is -2.56. The molecule has 0 bridgehead atoms. The fraction of sp³-hybridized carbons (Fsp3) is 0.421. The number of hydrogen-bond donors (Lipinski definition) is 0. The summed E-state index contributed by atoms with van der Waals surface area (Å²) in [5.41, 5.74) is -1.57. The normalized spacial score (nSPS) is 19.4. The number of halogens is 4. The highest BCUT2D eigenvalue weighted by Gasteiger charge is 2.43. The average Bonchev–Trinajstić information content (AvgIpc) is 2.73. The number of amides is 2. The minimum Gasteiger partial charge on any atom is -0.488 e. The van der Waals surface area contributed by atoms with Crippen molar-refractivity contribution in [1.82, 2.24) is 14.9 Å². The van der Waals surface area contributed by atoms with Gasteiger partial charge in [-0.05, 0) is 25.1 Å². The summed E-state index contributed by atoms with van der Waals surface area (Å²) >= 11 is 0. The standard InChI is InChI=1S/C19H19F4N5O2/c1-12-11-30-16-14(4-3-13(20)15(16)19(21,22)23)28(12)18(29)27-9-7-26(8-10-27)17-24-5-2-6-25-17/h2-6,12H,7-11H2,1H3. The van der Waals surface area contributed by atoms with Crippen molar-refractivity contribution in [2.24, 2.45) is 0 Å². The second kappa shape index (κ2) is 7.62. The van der Waals surface area contributed by atoms with Crippen LogP contribution >= 0.6 is 0 Å². The number of ether oxygens (including phenoxy) is 1. The molecule has 160 valence electrons. The molecule has 2 aromatic rings. The first-order valence-electron chi connectivity index (χ1n) is 9.40. The number of piperazine rings is 1. The second-order valence-electron chi connectivity index (χ2n) is 7.10. The number of carbonyl (C=O) groups excluding carboxylic acids is 1. The fourth-order valence-electron chi connectivity index (χ4n) is 3.66. The van der Waals surface area contributed by atoms with Crippen LogP contribution < -0.4 is 14.5 Å². The van der Waals surface area contributed by atoms with Crippen molar-refractivity contribution in [1.29, 1.82) is 0 Å². The zero-order chi connectivity index (χ0) is 21.5. The van der Waals surface area contributed by atoms with Crippen LogP contribution in [0, 0.1) is 5.82 Å². The fourth-order valence-corrected chi connectivity index (χ4v) is 3.66. The van der Waals surface area contributed by atoms with Crippen molar-refractivity contribution in [2.75, 3.05) is 42.6 Å². The molecule has 1 saturated heterocycles. The molecule has 0 radical (unpaired) electrons. The van der Waals surface area contributed by atoms with Gasteiger partial charge in [0.15, 0.2) is 5.75 Å². The molecule has 11 heteroatoms. The number of nitrogens with zero attached hydrogens (tertiary/aromatic N) is 5. The zero-order valence-electron chi connectivity index (χ0n) is 16.1. The summed E-state index contributed by atoms with van der Waals surface area (Å²) in [7, 11) is 0. The number of rotatable bonds is 1. The van der Waals surface area contributed by atoms with E-state index < -0.39 is 35.4 Å². The molecule has 0 N–H and O–H groups in total. The van der Waals surface area contributed by atoms with Crippen molar-refractivity contribution < 1.29 is 27.1 Å². The van der Waals surface area contributed by atoms with Gasteiger partial charge in [0.05, 0.1) is 11.7 Å². The molecule has 7 nitrogen and oxygen atoms in total. The number of fused-ring (bicyclic) bond motifs is 1. The molecule has 2 aliphatic heterocycles. The van der Waals surface area contributed by atoms with E-state index in [4.69, 9.17) is 4.74 Å². The van der Waals surface area contributed by atoms with Crippen LogP contribution in [0.2, 0.25) is 0 Å². The molecule has 2 aliphatic rings. The van der Waals surface area contributed by atoms with Crippen molar-refractivity contribution in [3.63, 3.8) is 0 Å². The minimum atomic E-state index is -4.94. The highest BCUT2D eigenvalue weighted by Crippen LogP contribution is 2.46. The van der Waals surface area contributed by atoms with Gasteiger partial charge in [-0.25, -0.2) is 19.2 Å². The monoisotopic (exact) mass is 425 g/mol. The second-order valence-corrected chi connectivity index (χ2v) is 7.10. The van der Waals surface area contributed by atoms with Crippen LogP contribution in [0.4, 0.5) is 34.0 Å². The lowest BCUT2D eigenvalue weighted by atomic mass is 10.1. The van der Waals surface area contributed by atoms with Crippen molar-refractivity contribution in [3.05, 3.63) is 42.0 Å². The van der Waals surface area contributed by atoms with Crippen LogP contribution in [0.1, 0.15) is 12.5 Å². The lowest BCUT2D eigenvalue weighted by molar-refractivity contribution is -0.141. The van der Waals surface area contributed by atoms with Gasteiger partial charge in [-0.15, -0.1) is 0 Å². The number of anilines is 2. The molecule has 1 aromatic heterocycles. The van der Waals surface area contributed by atoms with Gasteiger partial charge in [-0.1, -0.05) is 0 Å². The van der Waals surface area contributed by atoms with Crippen molar-refractivity contribution in [3.8, 4) is 5.75 Å². The van der Waals surface area contributed by atoms with Gasteiger partial charge in [-0.2, -0.15) is 13.2 Å². The maximum absolute atomic E-state index is 13.9. The van der Waals surface area contributed by atoms with E-state index >= 15 is 0 Å². The Hall–Kier alpha value is -3.11. The Bertz CT molecular complexity index is 933. The van der Waals surface area contributed by atoms with E-state index in [2.05, 4.69) is 9.97 Å². The van der Waals surface area contributed by atoms with Crippen molar-refractivity contribution in [2.45, 2.75) is 19.1 Å². The van der Waals surface area contributed by atoms with E-state index in [1.54, 1.807) is 30.3 Å². The Morgan fingerprint density at radius 2 is 1.80 bits per heavy atom. The lowest BCUT2D eigenvalue weighted by Gasteiger charge is -2.41. The smallest absolute Gasteiger partial charge is 0.422 e. The van der Waals surface area contributed by atoms with Crippen LogP contribution in [0.3, 0.4) is 0 Å². The number of hydrogen-bond acceptors (Lipinski definition) is 5. The first-order chi connectivity index (χ1) is 14.3. The Balaban J connectivity index is 1.57. The summed E-state index contributed by atoms with van der Waals surface area (Å²) in [6.07, 6.45) is -1.68. The van der Waals surface area contributed by atoms with E-state index in [0.717, 1.165) is 6.07 Å². The largest absolute Gasteiger partial charge is 0.488 e. The highest BCUT2D eigenvalue weighted by atomic mass is 19.4. The third kappa shape index (κ3) is 3.59. The van der Waals surface area contributed by atoms with Crippen LogP contribution in [-0.4, -0.2) is 59.7 Å². The Morgan fingerprint density at radius 1 is 1.13 bits per heavy atom. The first kappa shape index (κ1) is 20.2. The molecule has 3 heterocycles. The number of urea groups is 1. The highest BCUT2D eigenvalue weighted by molar-refractivity contribution is 5.95. The van der Waals surface area contributed by atoms with E-state index in [0.29, 0.717) is 38.2 Å². The summed E-state index contributed by atoms with van der Waals surface area (Å²) in [6, 6.07) is 2.63. The van der Waals surface area contributed by atoms with Gasteiger partial charge in [0.1, 0.15) is 18.0 Å². The number of benzene rings is 1. The summed E-state index contributed by atoms with van der Waals surface area (Å²) in [4.78, 5) is 26.3. The molecule has 1 unspecified atom stereocenters. The molecular formula is C19H19F4N5O2. The van der Waals surface area contributed by atoms with Gasteiger partial charge in [-0.3, -0.25) is 4.90 Å². The Morgan fingerprint density at radius 3 is 2.43 bits per heavy atom. The predicted octanol–water partition coefficient (Wildman–Crippen LogP) is 3.16. The van der Waals surface area contributed by atoms with Gasteiger partial charge in [0.25, 0.3) is 0 Å². The average molecular weight is 425 g/mol. The van der Waals surface area contributed by atoms with Crippen LogP contribution in [-0.2, 0) is 6.18 Å². The van der Waals surface area contributed by atoms with E-state index in [-0.39, 0.29) is 12.3 Å². The molecular weight excluding hydrogens is 406 g/mol. The molecule has 0 spiro atoms. The molecule has 1 atom stereocenters. The van der Waals surface area contributed by atoms with Gasteiger partial charge >= 0.3 is 12.2 Å². The number of aromatic nitrogens is 2. The molecule has 1 aromatic carbocycles. The van der Waals surface area contributed by atoms with E-state index in [1.807, 2.05) is 4.90 Å². The molecule has 4 rings (SSSR count). The Labute approximate surface area is 169 Å². The van der Waals surface area contributed by atoms with Gasteiger partial charge in [0, 0.05) is 38.6 Å². The Kier molecular flexibility index (Phi) is 5.12. The van der Waals surface area contributed by atoms with E-state index in [1.165, 1.54) is 4.90 Å². The van der Waals surface area contributed by atoms with Crippen LogP contribution in [0.25, 0.3) is 0 Å². The first-order valence-corrected chi connectivity index (χ1v) is 9.40. The van der Waals surface area contributed by atoms with Gasteiger partial charge in [0.2, 0.25) is 5.95 Å². The summed E-state index contributed by atoms with van der Waals surface area (Å²) in [5.74, 6) is -1.52. The minimum absolute atomic E-state index is 0.0821. The maximum atomic E-state index is 13.9. The molecule has 1 fully saturated rings. The summed E-state index contributed by atoms with van der Waals surface area (Å²) in [6.45, 7) is 3.18. The van der Waals surface area contributed by atoms with E-state index in [9.17, 15) is 22.4 Å². The predicted molar refractivity (Wildman–Crippen MR) is 100 cm³/mol. The van der Waals surface area contributed by atoms with Crippen molar-refractivity contribution >= 4 is 17.7 Å². The quantitative estimate of drug-likeness (QED) is 0.657. The third-order valence-electron chi connectivity index (χ3n) is 5.13. The maximum Gasteiger partial charge on any atom is 0.422 e. The summed E-state index contributed by atoms with van der Waals surface area (Å²) in [5, 5.41) is 0. The molecule has 30 heavy (non-hydrogen) atoms. The SMILES string of the molecule is CC1COc2c(ccc(F)c2C(F)(F)F)N1C(=O)N1CCN(c2ncccn2)CC1. The van der Waals surface area contributed by atoms with Crippen LogP contribution in [0.5, 0.6) is 5.75 Å². The summed E-state index contributed by atoms with van der Waals surface area (Å²) < 4.78 is 59.3. The zero-order valence-corrected chi connectivity index (χ0v) is 16.1. The van der Waals surface area contributed by atoms with Gasteiger partial charge < -0.3 is 14.5 Å². The third-order valence-corrected chi connectivity index (χ3v) is 5.13.